The van der Waals surface area contributed by atoms with Crippen molar-refractivity contribution in [3.63, 3.8) is 0 Å². The molecule has 252 valence electrons. The van der Waals surface area contributed by atoms with Crippen molar-refractivity contribution in [3.05, 3.63) is 156 Å². The number of esters is 2. The Morgan fingerprint density at radius 1 is 0.510 bits per heavy atom. The van der Waals surface area contributed by atoms with Crippen LogP contribution < -0.4 is 16.0 Å². The van der Waals surface area contributed by atoms with Gasteiger partial charge >= 0.3 is 11.9 Å². The lowest BCUT2D eigenvalue weighted by molar-refractivity contribution is -0.149. The number of hydrogen-bond donors (Lipinski definition) is 3. The van der Waals surface area contributed by atoms with E-state index in [1.165, 1.54) is 6.92 Å². The van der Waals surface area contributed by atoms with Crippen molar-refractivity contribution in [2.45, 2.75) is 51.1 Å². The van der Waals surface area contributed by atoms with Gasteiger partial charge in [0.25, 0.3) is 0 Å². The normalized spacial score (nSPS) is 12.6. The average Bonchev–Trinajstić information content (AvgIpc) is 3.13. The van der Waals surface area contributed by atoms with Crippen LogP contribution in [0.25, 0.3) is 0 Å². The average molecular weight is 662 g/mol. The fourth-order valence-corrected chi connectivity index (χ4v) is 4.75. The zero-order valence-corrected chi connectivity index (χ0v) is 27.1. The molecule has 0 aromatic heterocycles. The van der Waals surface area contributed by atoms with E-state index in [4.69, 9.17) is 9.47 Å². The summed E-state index contributed by atoms with van der Waals surface area (Å²) in [6.45, 7) is 1.58. The van der Waals surface area contributed by atoms with Gasteiger partial charge in [-0.3, -0.25) is 14.4 Å². The minimum absolute atomic E-state index is 0.0350. The van der Waals surface area contributed by atoms with Gasteiger partial charge in [-0.1, -0.05) is 121 Å². The van der Waals surface area contributed by atoms with Crippen molar-refractivity contribution in [1.29, 1.82) is 0 Å². The molecule has 0 aliphatic heterocycles. The molecule has 0 saturated carbocycles. The summed E-state index contributed by atoms with van der Waals surface area (Å²) in [5.41, 5.74) is 3.17. The Balaban J connectivity index is 1.37. The molecule has 0 spiro atoms. The lowest BCUT2D eigenvalue weighted by Crippen LogP contribution is -2.51. The van der Waals surface area contributed by atoms with Gasteiger partial charge in [0.05, 0.1) is 0 Å². The largest absolute Gasteiger partial charge is 0.459 e. The van der Waals surface area contributed by atoms with Gasteiger partial charge in [0, 0.05) is 25.0 Å². The van der Waals surface area contributed by atoms with Crippen LogP contribution in [0.3, 0.4) is 0 Å². The fraction of sp³-hybridized carbons (Fsp3) is 0.205. The highest BCUT2D eigenvalue weighted by Gasteiger charge is 2.26. The van der Waals surface area contributed by atoms with Crippen LogP contribution in [0.4, 0.5) is 0 Å². The molecule has 4 rings (SSSR count). The van der Waals surface area contributed by atoms with Crippen molar-refractivity contribution in [2.75, 3.05) is 0 Å². The summed E-state index contributed by atoms with van der Waals surface area (Å²) in [6, 6.07) is 33.4. The summed E-state index contributed by atoms with van der Waals surface area (Å²) in [4.78, 5) is 64.8. The van der Waals surface area contributed by atoms with Gasteiger partial charge in [-0.2, -0.15) is 0 Å². The topological polar surface area (TPSA) is 140 Å². The first kappa shape index (κ1) is 35.8. The minimum Gasteiger partial charge on any atom is -0.459 e. The van der Waals surface area contributed by atoms with Crippen molar-refractivity contribution in [3.8, 4) is 0 Å². The lowest BCUT2D eigenvalue weighted by atomic mass is 10.0. The molecule has 0 aliphatic rings. The van der Waals surface area contributed by atoms with Crippen LogP contribution in [0.2, 0.25) is 0 Å². The Morgan fingerprint density at radius 2 is 0.878 bits per heavy atom. The first-order valence-corrected chi connectivity index (χ1v) is 15.8. The van der Waals surface area contributed by atoms with E-state index in [0.29, 0.717) is 0 Å². The van der Waals surface area contributed by atoms with Gasteiger partial charge in [-0.15, -0.1) is 0 Å². The summed E-state index contributed by atoms with van der Waals surface area (Å²) < 4.78 is 10.8. The molecule has 49 heavy (non-hydrogen) atoms. The second kappa shape index (κ2) is 19.0. The molecule has 0 fully saturated rings. The highest BCUT2D eigenvalue weighted by atomic mass is 16.5. The SMILES string of the molecule is C[C@H](NC(=O)[C@H](Cc1ccccc1)NC(=O)/C=C\C(=O)N[C@@H](Cc1ccccc1)C(=O)OCc1ccccc1)C(=O)OCc1ccccc1. The molecule has 10 heteroatoms. The molecule has 3 atom stereocenters. The number of carbonyl (C=O) groups is 5. The van der Waals surface area contributed by atoms with Gasteiger partial charge in [0.2, 0.25) is 17.7 Å². The molecular formula is C39H39N3O7. The summed E-state index contributed by atoms with van der Waals surface area (Å²) >= 11 is 0. The molecule has 0 heterocycles. The highest BCUT2D eigenvalue weighted by Crippen LogP contribution is 2.09. The minimum atomic E-state index is -1.08. The van der Waals surface area contributed by atoms with Gasteiger partial charge in [0.15, 0.2) is 0 Å². The van der Waals surface area contributed by atoms with E-state index >= 15 is 0 Å². The van der Waals surface area contributed by atoms with Crippen LogP contribution in [-0.2, 0) is 59.5 Å². The number of carbonyl (C=O) groups excluding carboxylic acids is 5. The van der Waals surface area contributed by atoms with E-state index in [1.807, 2.05) is 97.1 Å². The third kappa shape index (κ3) is 12.6. The van der Waals surface area contributed by atoms with E-state index in [9.17, 15) is 24.0 Å². The number of benzene rings is 4. The molecule has 3 N–H and O–H groups in total. The summed E-state index contributed by atoms with van der Waals surface area (Å²) in [5.74, 6) is -3.30. The zero-order chi connectivity index (χ0) is 34.8. The zero-order valence-electron chi connectivity index (χ0n) is 27.1. The Kier molecular flexibility index (Phi) is 13.9. The van der Waals surface area contributed by atoms with Crippen LogP contribution in [0.1, 0.15) is 29.2 Å². The van der Waals surface area contributed by atoms with Crippen LogP contribution in [0.15, 0.2) is 133 Å². The number of hydrogen-bond acceptors (Lipinski definition) is 7. The third-order valence-corrected chi connectivity index (χ3v) is 7.35. The molecule has 0 unspecified atom stereocenters. The predicted molar refractivity (Wildman–Crippen MR) is 183 cm³/mol. The molecule has 3 amide bonds. The van der Waals surface area contributed by atoms with E-state index < -0.39 is 47.8 Å². The van der Waals surface area contributed by atoms with Gasteiger partial charge in [-0.05, 0) is 29.2 Å². The van der Waals surface area contributed by atoms with E-state index in [1.54, 1.807) is 24.3 Å². The second-order valence-corrected chi connectivity index (χ2v) is 11.3. The number of amides is 3. The molecule has 0 aliphatic carbocycles. The standard InChI is InChI=1S/C39H39N3O7/c1-28(38(46)48-26-31-18-10-4-11-19-31)40-37(45)33(24-29-14-6-2-7-15-29)41-35(43)22-23-36(44)42-34(25-30-16-8-3-9-17-30)39(47)49-27-32-20-12-5-13-21-32/h2-23,28,33-34H,24-27H2,1H3,(H,40,45)(H,41,43)(H,42,44)/b23-22-/t28-,33-,34-/m0/s1. The first-order chi connectivity index (χ1) is 23.8. The Bertz CT molecular complexity index is 1700. The molecule has 0 bridgehead atoms. The third-order valence-electron chi connectivity index (χ3n) is 7.35. The van der Waals surface area contributed by atoms with Crippen molar-refractivity contribution >= 4 is 29.7 Å². The van der Waals surface area contributed by atoms with Crippen molar-refractivity contribution in [1.82, 2.24) is 16.0 Å². The number of rotatable bonds is 16. The van der Waals surface area contributed by atoms with Gasteiger partial charge < -0.3 is 25.4 Å². The van der Waals surface area contributed by atoms with Crippen LogP contribution in [-0.4, -0.2) is 47.8 Å². The number of ether oxygens (including phenoxy) is 2. The van der Waals surface area contributed by atoms with Crippen LogP contribution >= 0.6 is 0 Å². The molecule has 10 nitrogen and oxygen atoms in total. The summed E-state index contributed by atoms with van der Waals surface area (Å²) in [7, 11) is 0. The number of nitrogens with one attached hydrogen (secondary N) is 3. The van der Waals surface area contributed by atoms with Gasteiger partial charge in [0.1, 0.15) is 31.3 Å². The molecule has 4 aromatic carbocycles. The van der Waals surface area contributed by atoms with E-state index in [-0.39, 0.29) is 26.1 Å². The predicted octanol–water partition coefficient (Wildman–Crippen LogP) is 3.99. The Morgan fingerprint density at radius 3 is 1.33 bits per heavy atom. The monoisotopic (exact) mass is 661 g/mol. The maximum absolute atomic E-state index is 13.3. The van der Waals surface area contributed by atoms with E-state index in [0.717, 1.165) is 34.4 Å². The maximum Gasteiger partial charge on any atom is 0.329 e. The summed E-state index contributed by atoms with van der Waals surface area (Å²) in [5, 5.41) is 7.85. The van der Waals surface area contributed by atoms with Crippen molar-refractivity contribution in [2.24, 2.45) is 0 Å². The Hall–Kier alpha value is -6.03. The van der Waals surface area contributed by atoms with Crippen LogP contribution in [0.5, 0.6) is 0 Å². The van der Waals surface area contributed by atoms with E-state index in [2.05, 4.69) is 16.0 Å². The quantitative estimate of drug-likeness (QED) is 0.122. The maximum atomic E-state index is 13.3. The summed E-state index contributed by atoms with van der Waals surface area (Å²) in [6.07, 6.45) is 2.26. The first-order valence-electron chi connectivity index (χ1n) is 15.8. The highest BCUT2D eigenvalue weighted by molar-refractivity contribution is 6.00. The second-order valence-electron chi connectivity index (χ2n) is 11.3. The molecule has 0 radical (unpaired) electrons. The van der Waals surface area contributed by atoms with Gasteiger partial charge in [-0.25, -0.2) is 9.59 Å². The Labute approximate surface area is 285 Å². The molecular weight excluding hydrogens is 622 g/mol. The molecule has 4 aromatic rings. The lowest BCUT2D eigenvalue weighted by Gasteiger charge is -2.20. The van der Waals surface area contributed by atoms with Crippen molar-refractivity contribution < 1.29 is 33.4 Å². The smallest absolute Gasteiger partial charge is 0.329 e. The van der Waals surface area contributed by atoms with Crippen LogP contribution in [0, 0.1) is 0 Å². The fourth-order valence-electron chi connectivity index (χ4n) is 4.75. The molecule has 0 saturated heterocycles.